The number of rotatable bonds is 4. The highest BCUT2D eigenvalue weighted by molar-refractivity contribution is 7.99. The van der Waals surface area contributed by atoms with Gasteiger partial charge in [-0.1, -0.05) is 13.8 Å². The highest BCUT2D eigenvalue weighted by atomic mass is 32.2. The molecule has 3 fully saturated rings. The molecular weight excluding hydrogens is 264 g/mol. The van der Waals surface area contributed by atoms with Crippen LogP contribution in [-0.4, -0.2) is 40.1 Å². The third kappa shape index (κ3) is 2.06. The van der Waals surface area contributed by atoms with E-state index < -0.39 is 17.7 Å². The molecule has 2 heterocycles. The zero-order valence-electron chi connectivity index (χ0n) is 11.7. The molecule has 0 aromatic rings. The Hall–Kier alpha value is -0.100. The van der Waals surface area contributed by atoms with Crippen molar-refractivity contribution in [3.05, 3.63) is 0 Å². The number of hydrogen-bond donors (Lipinski definition) is 1. The van der Waals surface area contributed by atoms with Crippen molar-refractivity contribution in [2.75, 3.05) is 11.5 Å². The number of thioether (sulfide) groups is 1. The minimum absolute atomic E-state index is 0.0841. The summed E-state index contributed by atoms with van der Waals surface area (Å²) in [6, 6.07) is 0. The van der Waals surface area contributed by atoms with Crippen molar-refractivity contribution in [3.8, 4) is 0 Å². The van der Waals surface area contributed by atoms with Gasteiger partial charge in [-0.2, -0.15) is 11.8 Å². The second-order valence-corrected chi connectivity index (χ2v) is 7.74. The number of aliphatic hydroxyl groups is 1. The van der Waals surface area contributed by atoms with E-state index in [0.29, 0.717) is 12.3 Å². The molecule has 0 aromatic carbocycles. The van der Waals surface area contributed by atoms with Crippen molar-refractivity contribution in [1.29, 1.82) is 0 Å². The molecule has 1 N–H and O–H groups in total. The first-order valence-corrected chi connectivity index (χ1v) is 8.18. The summed E-state index contributed by atoms with van der Waals surface area (Å²) in [6.07, 6.45) is 0.252. The number of hydrogen-bond acceptors (Lipinski definition) is 5. The van der Waals surface area contributed by atoms with Gasteiger partial charge in [-0.3, -0.25) is 4.79 Å². The largest absolute Gasteiger partial charge is 0.363 e. The predicted molar refractivity (Wildman–Crippen MR) is 72.7 cm³/mol. The molecule has 0 unspecified atom stereocenters. The van der Waals surface area contributed by atoms with Crippen LogP contribution in [0.25, 0.3) is 0 Å². The van der Waals surface area contributed by atoms with Gasteiger partial charge in [0.15, 0.2) is 12.1 Å². The third-order valence-electron chi connectivity index (χ3n) is 4.56. The van der Waals surface area contributed by atoms with Crippen LogP contribution in [-0.2, 0) is 14.3 Å². The predicted octanol–water partition coefficient (Wildman–Crippen LogP) is 1.80. The van der Waals surface area contributed by atoms with E-state index in [1.807, 2.05) is 11.8 Å². The number of fused-ring (bicyclic) bond motifs is 2. The molecule has 0 radical (unpaired) electrons. The molecule has 108 valence electrons. The van der Waals surface area contributed by atoms with Crippen LogP contribution in [0.5, 0.6) is 0 Å². The van der Waals surface area contributed by atoms with Crippen molar-refractivity contribution in [3.63, 3.8) is 0 Å². The summed E-state index contributed by atoms with van der Waals surface area (Å²) in [6.45, 7) is 6.17. The lowest BCUT2D eigenvalue weighted by Crippen LogP contribution is -2.59. The van der Waals surface area contributed by atoms with Gasteiger partial charge in [0, 0.05) is 30.4 Å². The Bertz CT molecular complexity index is 399. The number of ketones is 1. The van der Waals surface area contributed by atoms with Gasteiger partial charge in [-0.05, 0) is 18.6 Å². The Kier molecular flexibility index (Phi) is 3.25. The summed E-state index contributed by atoms with van der Waals surface area (Å²) < 4.78 is 11.6. The van der Waals surface area contributed by atoms with Crippen molar-refractivity contribution in [2.24, 2.45) is 17.8 Å². The molecule has 19 heavy (non-hydrogen) atoms. The lowest BCUT2D eigenvalue weighted by atomic mass is 9.70. The zero-order chi connectivity index (χ0) is 13.8. The second-order valence-electron chi connectivity index (χ2n) is 6.67. The normalized spacial score (nSPS) is 48.3. The average Bonchev–Trinajstić information content (AvgIpc) is 2.45. The van der Waals surface area contributed by atoms with Gasteiger partial charge in [0.05, 0.1) is 0 Å². The van der Waals surface area contributed by atoms with Crippen LogP contribution in [0.3, 0.4) is 0 Å². The molecule has 3 rings (SSSR count). The first kappa shape index (κ1) is 13.9. The SMILES string of the molecule is CC(C)CSC[C@@H]1[C@H]2O[C@@]3(C)CC(=O)[C@@H]1C[C@]3(O)O2. The van der Waals surface area contributed by atoms with Crippen LogP contribution < -0.4 is 0 Å². The monoisotopic (exact) mass is 286 g/mol. The molecule has 5 heteroatoms. The fourth-order valence-electron chi connectivity index (χ4n) is 3.40. The molecule has 2 aliphatic heterocycles. The fourth-order valence-corrected chi connectivity index (χ4v) is 4.67. The molecule has 3 aliphatic rings. The molecule has 0 amide bonds. The third-order valence-corrected chi connectivity index (χ3v) is 6.09. The smallest absolute Gasteiger partial charge is 0.198 e. The van der Waals surface area contributed by atoms with Crippen LogP contribution in [0.1, 0.15) is 33.6 Å². The van der Waals surface area contributed by atoms with Crippen molar-refractivity contribution < 1.29 is 19.4 Å². The zero-order valence-corrected chi connectivity index (χ0v) is 12.5. The van der Waals surface area contributed by atoms with E-state index in [1.54, 1.807) is 6.92 Å². The maximum atomic E-state index is 12.2. The Labute approximate surface area is 118 Å². The highest BCUT2D eigenvalue weighted by Gasteiger charge is 2.69. The number of carbonyl (C=O) groups is 1. The molecule has 5 atom stereocenters. The fraction of sp³-hybridized carbons (Fsp3) is 0.929. The Morgan fingerprint density at radius 2 is 2.21 bits per heavy atom. The molecule has 0 spiro atoms. The number of Topliss-reactive ketones (excluding diaryl/α,β-unsaturated/α-hetero) is 1. The van der Waals surface area contributed by atoms with Crippen molar-refractivity contribution in [2.45, 2.75) is 51.3 Å². The van der Waals surface area contributed by atoms with Crippen LogP contribution in [0, 0.1) is 17.8 Å². The number of ether oxygens (including phenoxy) is 2. The Morgan fingerprint density at radius 1 is 1.47 bits per heavy atom. The number of carbonyl (C=O) groups excluding carboxylic acids is 1. The Balaban J connectivity index is 1.76. The van der Waals surface area contributed by atoms with Crippen LogP contribution in [0.15, 0.2) is 0 Å². The minimum atomic E-state index is -1.25. The highest BCUT2D eigenvalue weighted by Crippen LogP contribution is 2.56. The molecule has 2 saturated heterocycles. The van der Waals surface area contributed by atoms with E-state index in [1.165, 1.54) is 0 Å². The van der Waals surface area contributed by atoms with E-state index >= 15 is 0 Å². The van der Waals surface area contributed by atoms with Gasteiger partial charge in [0.25, 0.3) is 0 Å². The van der Waals surface area contributed by atoms with E-state index in [4.69, 9.17) is 9.47 Å². The average molecular weight is 286 g/mol. The van der Waals surface area contributed by atoms with E-state index in [0.717, 1.165) is 11.5 Å². The van der Waals surface area contributed by atoms with Crippen molar-refractivity contribution >= 4 is 17.5 Å². The maximum Gasteiger partial charge on any atom is 0.198 e. The Morgan fingerprint density at radius 3 is 2.89 bits per heavy atom. The molecule has 0 aromatic heterocycles. The summed E-state index contributed by atoms with van der Waals surface area (Å²) in [4.78, 5) is 12.2. The molecule has 1 saturated carbocycles. The quantitative estimate of drug-likeness (QED) is 0.854. The van der Waals surface area contributed by atoms with Gasteiger partial charge in [0.1, 0.15) is 11.4 Å². The first-order chi connectivity index (χ1) is 8.85. The molecule has 4 nitrogen and oxygen atoms in total. The lowest BCUT2D eigenvalue weighted by Gasteiger charge is -2.45. The summed E-state index contributed by atoms with van der Waals surface area (Å²) in [5.41, 5.74) is -0.845. The summed E-state index contributed by atoms with van der Waals surface area (Å²) in [5, 5.41) is 10.5. The van der Waals surface area contributed by atoms with Gasteiger partial charge in [-0.15, -0.1) is 0 Å². The van der Waals surface area contributed by atoms with E-state index in [-0.39, 0.29) is 24.0 Å². The van der Waals surface area contributed by atoms with Gasteiger partial charge < -0.3 is 14.6 Å². The van der Waals surface area contributed by atoms with Crippen LogP contribution in [0.4, 0.5) is 0 Å². The minimum Gasteiger partial charge on any atom is -0.363 e. The van der Waals surface area contributed by atoms with Gasteiger partial charge >= 0.3 is 0 Å². The van der Waals surface area contributed by atoms with Crippen LogP contribution in [0.2, 0.25) is 0 Å². The van der Waals surface area contributed by atoms with Gasteiger partial charge in [0.2, 0.25) is 0 Å². The molecule has 3 bridgehead atoms. The summed E-state index contributed by atoms with van der Waals surface area (Å²) in [5.74, 6) is 1.54. The molecular formula is C14H22O4S. The van der Waals surface area contributed by atoms with Crippen LogP contribution >= 0.6 is 11.8 Å². The second kappa shape index (κ2) is 4.45. The summed E-state index contributed by atoms with van der Waals surface area (Å²) >= 11 is 1.85. The van der Waals surface area contributed by atoms with Crippen molar-refractivity contribution in [1.82, 2.24) is 0 Å². The molecule has 1 aliphatic carbocycles. The van der Waals surface area contributed by atoms with Gasteiger partial charge in [-0.25, -0.2) is 0 Å². The topological polar surface area (TPSA) is 55.8 Å². The maximum absolute atomic E-state index is 12.2. The summed E-state index contributed by atoms with van der Waals surface area (Å²) in [7, 11) is 0. The van der Waals surface area contributed by atoms with E-state index in [2.05, 4.69) is 13.8 Å². The standard InChI is InChI=1S/C14H22O4S/c1-8(2)6-19-7-10-9-4-14(16)13(3,5-11(9)15)17-12(10)18-14/h8-10,12,16H,4-7H2,1-3H3/t9-,10+,12+,13+,14+/m1/s1. The van der Waals surface area contributed by atoms with E-state index in [9.17, 15) is 9.90 Å². The first-order valence-electron chi connectivity index (χ1n) is 7.03. The lowest BCUT2D eigenvalue weighted by molar-refractivity contribution is -0.266.